The Morgan fingerprint density at radius 3 is 2.80 bits per heavy atom. The molecule has 0 aliphatic carbocycles. The van der Waals surface area contributed by atoms with Crippen LogP contribution >= 0.6 is 0 Å². The van der Waals surface area contributed by atoms with E-state index in [2.05, 4.69) is 12.2 Å². The highest BCUT2D eigenvalue weighted by molar-refractivity contribution is 5.82. The number of likely N-dealkylation sites (N-methyl/N-ethyl adjacent to an activating group) is 1. The van der Waals surface area contributed by atoms with Crippen molar-refractivity contribution < 1.29 is 9.53 Å². The number of carbonyl (C=O) groups excluding carboxylic acids is 1. The molecule has 0 aromatic rings. The fourth-order valence-corrected chi connectivity index (χ4v) is 1.90. The van der Waals surface area contributed by atoms with Crippen LogP contribution in [0.1, 0.15) is 27.2 Å². The first-order chi connectivity index (χ1) is 7.20. The van der Waals surface area contributed by atoms with Gasteiger partial charge in [-0.15, -0.1) is 0 Å². The van der Waals surface area contributed by atoms with Gasteiger partial charge in [-0.3, -0.25) is 4.79 Å². The van der Waals surface area contributed by atoms with Crippen molar-refractivity contribution in [2.24, 2.45) is 0 Å². The maximum Gasteiger partial charge on any atom is 0.242 e. The Morgan fingerprint density at radius 1 is 1.53 bits per heavy atom. The number of nitrogens with one attached hydrogen (secondary N) is 1. The summed E-state index contributed by atoms with van der Waals surface area (Å²) >= 11 is 0. The summed E-state index contributed by atoms with van der Waals surface area (Å²) in [7, 11) is 0. The number of amides is 1. The molecular weight excluding hydrogens is 192 g/mol. The molecule has 0 radical (unpaired) electrons. The molecule has 1 aliphatic rings. The van der Waals surface area contributed by atoms with Crippen molar-refractivity contribution in [3.63, 3.8) is 0 Å². The highest BCUT2D eigenvalue weighted by Crippen LogP contribution is 2.08. The summed E-state index contributed by atoms with van der Waals surface area (Å²) < 4.78 is 5.47. The zero-order chi connectivity index (χ0) is 11.3. The van der Waals surface area contributed by atoms with E-state index in [-0.39, 0.29) is 18.1 Å². The van der Waals surface area contributed by atoms with E-state index in [4.69, 9.17) is 4.74 Å². The van der Waals surface area contributed by atoms with Crippen LogP contribution in [0.25, 0.3) is 0 Å². The Hall–Kier alpha value is -0.610. The topological polar surface area (TPSA) is 41.6 Å². The van der Waals surface area contributed by atoms with E-state index in [9.17, 15) is 4.79 Å². The number of hydrogen-bond donors (Lipinski definition) is 1. The summed E-state index contributed by atoms with van der Waals surface area (Å²) in [5, 5.41) is 3.23. The monoisotopic (exact) mass is 214 g/mol. The van der Waals surface area contributed by atoms with E-state index in [1.807, 2.05) is 18.7 Å². The van der Waals surface area contributed by atoms with Gasteiger partial charge in [-0.25, -0.2) is 0 Å². The van der Waals surface area contributed by atoms with Crippen LogP contribution < -0.4 is 5.32 Å². The van der Waals surface area contributed by atoms with E-state index in [0.717, 1.165) is 26.1 Å². The van der Waals surface area contributed by atoms with Crippen molar-refractivity contribution >= 4 is 5.91 Å². The summed E-state index contributed by atoms with van der Waals surface area (Å²) in [5.74, 6) is 0.173. The molecule has 0 aromatic heterocycles. The average molecular weight is 214 g/mol. The van der Waals surface area contributed by atoms with Crippen molar-refractivity contribution in [1.82, 2.24) is 10.2 Å². The highest BCUT2D eigenvalue weighted by Gasteiger charge is 2.30. The molecule has 0 bridgehead atoms. The second-order valence-corrected chi connectivity index (χ2v) is 3.93. The van der Waals surface area contributed by atoms with Gasteiger partial charge in [-0.2, -0.15) is 0 Å². The third-order valence-corrected chi connectivity index (χ3v) is 2.77. The standard InChI is InChI=1S/C11H22N2O2/c1-4-7-13(5-2)11(14)10-9(3)15-8-6-12-10/h9-10,12H,4-8H2,1-3H3/t9-,10+/m1/s1. The first-order valence-electron chi connectivity index (χ1n) is 5.84. The van der Waals surface area contributed by atoms with E-state index in [1.165, 1.54) is 0 Å². The molecule has 0 unspecified atom stereocenters. The molecular formula is C11H22N2O2. The van der Waals surface area contributed by atoms with Gasteiger partial charge in [0.2, 0.25) is 5.91 Å². The van der Waals surface area contributed by atoms with E-state index in [0.29, 0.717) is 6.61 Å². The first kappa shape index (κ1) is 12.5. The minimum Gasteiger partial charge on any atom is -0.375 e. The zero-order valence-corrected chi connectivity index (χ0v) is 9.95. The fourth-order valence-electron chi connectivity index (χ4n) is 1.90. The molecule has 1 saturated heterocycles. The highest BCUT2D eigenvalue weighted by atomic mass is 16.5. The lowest BCUT2D eigenvalue weighted by Crippen LogP contribution is -2.56. The molecule has 0 spiro atoms. The third kappa shape index (κ3) is 3.18. The number of hydrogen-bond acceptors (Lipinski definition) is 3. The van der Waals surface area contributed by atoms with Gasteiger partial charge in [0.1, 0.15) is 6.04 Å². The molecule has 0 saturated carbocycles. The molecule has 1 heterocycles. The van der Waals surface area contributed by atoms with Crippen LogP contribution in [0.3, 0.4) is 0 Å². The van der Waals surface area contributed by atoms with E-state index < -0.39 is 0 Å². The summed E-state index contributed by atoms with van der Waals surface area (Å²) in [6, 6.07) is -0.162. The Balaban J connectivity index is 2.55. The lowest BCUT2D eigenvalue weighted by molar-refractivity contribution is -0.139. The van der Waals surface area contributed by atoms with Gasteiger partial charge >= 0.3 is 0 Å². The predicted octanol–water partition coefficient (Wildman–Crippen LogP) is 0.622. The maximum absolute atomic E-state index is 12.1. The van der Waals surface area contributed by atoms with Crippen LogP contribution in [-0.4, -0.2) is 49.2 Å². The number of nitrogens with zero attached hydrogens (tertiary/aromatic N) is 1. The molecule has 15 heavy (non-hydrogen) atoms. The largest absolute Gasteiger partial charge is 0.375 e. The van der Waals surface area contributed by atoms with Crippen LogP contribution in [0, 0.1) is 0 Å². The lowest BCUT2D eigenvalue weighted by Gasteiger charge is -2.33. The molecule has 1 N–H and O–H groups in total. The van der Waals surface area contributed by atoms with Gasteiger partial charge in [0.25, 0.3) is 0 Å². The van der Waals surface area contributed by atoms with Crippen LogP contribution in [0.5, 0.6) is 0 Å². The lowest BCUT2D eigenvalue weighted by atomic mass is 10.1. The van der Waals surface area contributed by atoms with Crippen molar-refractivity contribution in [3.05, 3.63) is 0 Å². The minimum atomic E-state index is -0.162. The summed E-state index contributed by atoms with van der Waals surface area (Å²) in [6.45, 7) is 9.13. The molecule has 4 heteroatoms. The van der Waals surface area contributed by atoms with Gasteiger partial charge in [0, 0.05) is 19.6 Å². The zero-order valence-electron chi connectivity index (χ0n) is 9.95. The smallest absolute Gasteiger partial charge is 0.242 e. The second-order valence-electron chi connectivity index (χ2n) is 3.93. The Morgan fingerprint density at radius 2 is 2.27 bits per heavy atom. The van der Waals surface area contributed by atoms with Crippen molar-refractivity contribution in [2.45, 2.75) is 39.3 Å². The maximum atomic E-state index is 12.1. The fraction of sp³-hybridized carbons (Fsp3) is 0.909. The van der Waals surface area contributed by atoms with Gasteiger partial charge in [-0.05, 0) is 20.3 Å². The van der Waals surface area contributed by atoms with Gasteiger partial charge in [-0.1, -0.05) is 6.92 Å². The van der Waals surface area contributed by atoms with Crippen LogP contribution in [-0.2, 0) is 9.53 Å². The van der Waals surface area contributed by atoms with Crippen LogP contribution in [0.2, 0.25) is 0 Å². The van der Waals surface area contributed by atoms with E-state index in [1.54, 1.807) is 0 Å². The van der Waals surface area contributed by atoms with Crippen molar-refractivity contribution in [2.75, 3.05) is 26.2 Å². The Kier molecular flexibility index (Phi) is 5.05. The number of carbonyl (C=O) groups is 1. The second kappa shape index (κ2) is 6.08. The van der Waals surface area contributed by atoms with E-state index >= 15 is 0 Å². The average Bonchev–Trinajstić information content (AvgIpc) is 2.25. The first-order valence-corrected chi connectivity index (χ1v) is 5.84. The molecule has 4 nitrogen and oxygen atoms in total. The predicted molar refractivity (Wildman–Crippen MR) is 59.7 cm³/mol. The van der Waals surface area contributed by atoms with Crippen molar-refractivity contribution in [3.8, 4) is 0 Å². The molecule has 0 aromatic carbocycles. The van der Waals surface area contributed by atoms with Crippen LogP contribution in [0.4, 0.5) is 0 Å². The Labute approximate surface area is 92.0 Å². The summed E-state index contributed by atoms with van der Waals surface area (Å²) in [4.78, 5) is 14.0. The van der Waals surface area contributed by atoms with Crippen LogP contribution in [0.15, 0.2) is 0 Å². The van der Waals surface area contributed by atoms with Gasteiger partial charge in [0.15, 0.2) is 0 Å². The number of morpholine rings is 1. The Bertz CT molecular complexity index is 209. The number of ether oxygens (including phenoxy) is 1. The number of rotatable bonds is 4. The molecule has 2 atom stereocenters. The molecule has 88 valence electrons. The molecule has 1 fully saturated rings. The summed E-state index contributed by atoms with van der Waals surface area (Å²) in [6.07, 6.45) is 0.985. The molecule has 1 aliphatic heterocycles. The summed E-state index contributed by atoms with van der Waals surface area (Å²) in [5.41, 5.74) is 0. The SMILES string of the molecule is CCCN(CC)C(=O)[C@H]1NCCO[C@@H]1C. The molecule has 1 rings (SSSR count). The quantitative estimate of drug-likeness (QED) is 0.746. The van der Waals surface area contributed by atoms with Gasteiger partial charge < -0.3 is 15.0 Å². The normalized spacial score (nSPS) is 26.3. The van der Waals surface area contributed by atoms with Crippen molar-refractivity contribution in [1.29, 1.82) is 0 Å². The minimum absolute atomic E-state index is 0.0165. The molecule has 1 amide bonds. The van der Waals surface area contributed by atoms with Gasteiger partial charge in [0.05, 0.1) is 12.7 Å². The third-order valence-electron chi connectivity index (χ3n) is 2.77.